The molecular formula is C41H52NO6PSi. The Morgan fingerprint density at radius 2 is 1.44 bits per heavy atom. The van der Waals surface area contributed by atoms with Crippen LogP contribution in [0.1, 0.15) is 47.0 Å². The predicted octanol–water partition coefficient (Wildman–Crippen LogP) is 6.05. The number of rotatable bonds is 12. The second kappa shape index (κ2) is 15.4. The fourth-order valence-corrected chi connectivity index (χ4v) is 13.3. The number of aliphatic hydroxyl groups excluding tert-OH is 1. The molecule has 0 aromatic heterocycles. The molecule has 9 heteroatoms. The second-order valence-electron chi connectivity index (χ2n) is 15.0. The number of β-lactam (4-membered cyclic amide) rings is 1. The molecule has 266 valence electrons. The van der Waals surface area contributed by atoms with Gasteiger partial charge in [-0.3, -0.25) is 9.59 Å². The number of Topliss-reactive ketones (excluding diaryl/α,β-unsaturated/α-hetero) is 1. The van der Waals surface area contributed by atoms with E-state index in [1.54, 1.807) is 4.90 Å². The van der Waals surface area contributed by atoms with E-state index >= 15 is 4.79 Å². The van der Waals surface area contributed by atoms with Gasteiger partial charge >= 0.3 is 5.97 Å². The van der Waals surface area contributed by atoms with Crippen LogP contribution in [0, 0.1) is 17.8 Å². The van der Waals surface area contributed by atoms with Crippen molar-refractivity contribution in [1.29, 1.82) is 0 Å². The van der Waals surface area contributed by atoms with E-state index < -0.39 is 51.1 Å². The van der Waals surface area contributed by atoms with Gasteiger partial charge in [-0.1, -0.05) is 131 Å². The number of benzene rings is 3. The normalized spacial score (nSPS) is 22.0. The highest BCUT2D eigenvalue weighted by Gasteiger charge is 2.60. The van der Waals surface area contributed by atoms with Gasteiger partial charge in [-0.05, 0) is 53.8 Å². The first-order valence-corrected chi connectivity index (χ1v) is 22.4. The first kappa shape index (κ1) is 37.7. The van der Waals surface area contributed by atoms with Crippen molar-refractivity contribution < 1.29 is 28.7 Å². The Kier molecular flexibility index (Phi) is 11.6. The second-order valence-corrected chi connectivity index (χ2v) is 23.1. The van der Waals surface area contributed by atoms with Gasteiger partial charge in [0.05, 0.1) is 24.7 Å². The first-order chi connectivity index (χ1) is 23.8. The summed E-state index contributed by atoms with van der Waals surface area (Å²) in [5.74, 6) is -2.70. The lowest BCUT2D eigenvalue weighted by atomic mass is 9.68. The van der Waals surface area contributed by atoms with Crippen LogP contribution in [0.3, 0.4) is 0 Å². The van der Waals surface area contributed by atoms with Gasteiger partial charge in [0.2, 0.25) is 5.91 Å². The zero-order valence-corrected chi connectivity index (χ0v) is 32.1. The summed E-state index contributed by atoms with van der Waals surface area (Å²) in [5, 5.41) is 12.8. The average Bonchev–Trinajstić information content (AvgIpc) is 3.10. The molecule has 7 nitrogen and oxygen atoms in total. The van der Waals surface area contributed by atoms with Gasteiger partial charge in [0.15, 0.2) is 8.32 Å². The number of carbonyl (C=O) groups excluding carboxylic acids is 3. The summed E-state index contributed by atoms with van der Waals surface area (Å²) in [4.78, 5) is 45.8. The maximum atomic E-state index is 15.1. The Hall–Kier alpha value is -3.55. The van der Waals surface area contributed by atoms with E-state index in [-0.39, 0.29) is 35.4 Å². The van der Waals surface area contributed by atoms with Crippen LogP contribution in [0.4, 0.5) is 0 Å². The minimum absolute atomic E-state index is 0.0450. The van der Waals surface area contributed by atoms with Gasteiger partial charge < -0.3 is 19.2 Å². The quantitative estimate of drug-likeness (QED) is 0.0808. The maximum Gasteiger partial charge on any atom is 0.356 e. The van der Waals surface area contributed by atoms with Crippen LogP contribution >= 0.6 is 6.89 Å². The third kappa shape index (κ3) is 6.88. The highest BCUT2D eigenvalue weighted by atomic mass is 31.2. The highest BCUT2D eigenvalue weighted by molar-refractivity contribution is 7.96. The Balaban J connectivity index is 1.87. The Morgan fingerprint density at radius 1 is 0.940 bits per heavy atom. The monoisotopic (exact) mass is 713 g/mol. The molecule has 2 fully saturated rings. The van der Waals surface area contributed by atoms with Crippen LogP contribution in [0.25, 0.3) is 0 Å². The van der Waals surface area contributed by atoms with E-state index in [1.165, 1.54) is 6.08 Å². The zero-order chi connectivity index (χ0) is 36.3. The van der Waals surface area contributed by atoms with Gasteiger partial charge in [0.1, 0.15) is 17.8 Å². The van der Waals surface area contributed by atoms with Gasteiger partial charge in [-0.25, -0.2) is 4.79 Å². The number of hydrogen-bond donors (Lipinski definition) is 1. The summed E-state index contributed by atoms with van der Waals surface area (Å²) in [5.41, 5.74) is 0.243. The van der Waals surface area contributed by atoms with E-state index in [9.17, 15) is 14.7 Å². The van der Waals surface area contributed by atoms with Crippen LogP contribution in [0.2, 0.25) is 18.1 Å². The van der Waals surface area contributed by atoms with Crippen molar-refractivity contribution in [3.63, 3.8) is 0 Å². The Labute approximate surface area is 298 Å². The smallest absolute Gasteiger partial charge is 0.356 e. The molecule has 1 aliphatic carbocycles. The molecule has 1 saturated carbocycles. The zero-order valence-electron chi connectivity index (χ0n) is 30.2. The molecule has 0 spiro atoms. The summed E-state index contributed by atoms with van der Waals surface area (Å²) in [6, 6.07) is 29.0. The van der Waals surface area contributed by atoms with Crippen molar-refractivity contribution in [3.8, 4) is 0 Å². The molecule has 1 amide bonds. The molecule has 3 aromatic carbocycles. The minimum atomic E-state index is -3.15. The number of ether oxygens (including phenoxy) is 1. The Morgan fingerprint density at radius 3 is 1.88 bits per heavy atom. The molecule has 0 unspecified atom stereocenters. The van der Waals surface area contributed by atoms with Crippen molar-refractivity contribution >= 4 is 54.2 Å². The molecule has 1 heterocycles. The van der Waals surface area contributed by atoms with E-state index in [0.717, 1.165) is 22.3 Å². The Bertz CT molecular complexity index is 1630. The van der Waals surface area contributed by atoms with Crippen molar-refractivity contribution in [2.24, 2.45) is 17.8 Å². The first-order valence-electron chi connectivity index (χ1n) is 17.7. The summed E-state index contributed by atoms with van der Waals surface area (Å²) in [7, 11) is -2.34. The number of carbonyl (C=O) groups is 3. The molecule has 1 saturated heterocycles. The van der Waals surface area contributed by atoms with Crippen molar-refractivity contribution in [3.05, 3.63) is 104 Å². The fourth-order valence-electron chi connectivity index (χ4n) is 7.46. The molecule has 2 aliphatic rings. The highest BCUT2D eigenvalue weighted by Crippen LogP contribution is 2.52. The van der Waals surface area contributed by atoms with Gasteiger partial charge in [-0.2, -0.15) is 0 Å². The lowest BCUT2D eigenvalue weighted by Gasteiger charge is -2.55. The summed E-state index contributed by atoms with van der Waals surface area (Å²) in [6.07, 6.45) is 2.90. The minimum Gasteiger partial charge on any atom is -0.457 e. The molecule has 1 N–H and O–H groups in total. The molecule has 50 heavy (non-hydrogen) atoms. The van der Waals surface area contributed by atoms with Crippen LogP contribution < -0.4 is 15.9 Å². The van der Waals surface area contributed by atoms with Crippen molar-refractivity contribution in [1.82, 2.24) is 4.90 Å². The number of amides is 1. The van der Waals surface area contributed by atoms with Crippen LogP contribution in [-0.4, -0.2) is 66.8 Å². The van der Waals surface area contributed by atoms with E-state index in [1.807, 2.05) is 97.9 Å². The predicted molar refractivity (Wildman–Crippen MR) is 206 cm³/mol. The van der Waals surface area contributed by atoms with Gasteiger partial charge in [0, 0.05) is 18.7 Å². The standard InChI is InChI=1S/C41H52NO6PSi/c1-8-27-47-40(46)39(49(31-20-12-9-13-21-31,32-22-14-10-15-23-32)33-24-16-11-17-25-33)42-36(34-26-18-19-30(28-43)37(34)44)35(38(42)45)29(2)48-50(6,7)41(3,4)5/h8-17,20-25,29-30,34-36,43H,1,18-19,26-28H2,2-7H3/t29-,30-,34-,35-,36-/m1/s1. The summed E-state index contributed by atoms with van der Waals surface area (Å²) < 4.78 is 12.8. The summed E-state index contributed by atoms with van der Waals surface area (Å²) >= 11 is 0. The number of nitrogens with zero attached hydrogens (tertiary/aromatic N) is 1. The SMILES string of the molecule is C=CCOC(=O)C(N1C(=O)[C@H]([C@@H](C)O[Si](C)(C)C(C)(C)C)[C@H]1[C@H]1CCC[C@H](CO)C1=O)=P(c1ccccc1)(c1ccccc1)c1ccccc1. The van der Waals surface area contributed by atoms with Gasteiger partial charge in [0.25, 0.3) is 0 Å². The lowest BCUT2D eigenvalue weighted by molar-refractivity contribution is -0.164. The van der Waals surface area contributed by atoms with E-state index in [4.69, 9.17) is 9.16 Å². The third-order valence-corrected chi connectivity index (χ3v) is 19.8. The van der Waals surface area contributed by atoms with Crippen molar-refractivity contribution in [2.75, 3.05) is 13.2 Å². The van der Waals surface area contributed by atoms with E-state index in [2.05, 4.69) is 40.4 Å². The van der Waals surface area contributed by atoms with Crippen molar-refractivity contribution in [2.45, 2.75) is 77.2 Å². The van der Waals surface area contributed by atoms with Crippen LogP contribution in [0.15, 0.2) is 104 Å². The number of hydrogen-bond acceptors (Lipinski definition) is 6. The number of likely N-dealkylation sites (tertiary alicyclic amines) is 1. The topological polar surface area (TPSA) is 93.1 Å². The number of aliphatic hydroxyl groups is 1. The molecule has 1 aliphatic heterocycles. The average molecular weight is 714 g/mol. The maximum absolute atomic E-state index is 15.1. The van der Waals surface area contributed by atoms with E-state index in [0.29, 0.717) is 12.8 Å². The largest absolute Gasteiger partial charge is 0.457 e. The van der Waals surface area contributed by atoms with Gasteiger partial charge in [-0.15, -0.1) is 0 Å². The molecule has 0 radical (unpaired) electrons. The third-order valence-electron chi connectivity index (χ3n) is 10.9. The lowest BCUT2D eigenvalue weighted by Crippen LogP contribution is -2.72. The fraction of sp³-hybridized carbons (Fsp3) is 0.415. The number of ketones is 1. The molecule has 5 rings (SSSR count). The molecule has 3 aromatic rings. The molecular weight excluding hydrogens is 662 g/mol. The molecule has 0 bridgehead atoms. The molecule has 5 atom stereocenters. The van der Waals surface area contributed by atoms with Crippen LogP contribution in [0.5, 0.6) is 0 Å². The number of esters is 1. The van der Waals surface area contributed by atoms with Crippen LogP contribution in [-0.2, 0) is 23.5 Å². The summed E-state index contributed by atoms with van der Waals surface area (Å²) in [6.45, 7) is 13.1.